The average Bonchev–Trinajstić information content (AvgIpc) is 2.84. The quantitative estimate of drug-likeness (QED) is 0.807. The number of nitrogens with two attached hydrogens (primary N) is 1. The first kappa shape index (κ1) is 9.16. The molecule has 1 heterocycles. The van der Waals surface area contributed by atoms with Crippen molar-refractivity contribution in [2.75, 3.05) is 0 Å². The van der Waals surface area contributed by atoms with E-state index in [0.717, 1.165) is 5.92 Å². The molecule has 0 aromatic carbocycles. The Hall–Kier alpha value is -0.410. The molecule has 0 aliphatic heterocycles. The van der Waals surface area contributed by atoms with E-state index in [9.17, 15) is 0 Å². The van der Waals surface area contributed by atoms with Gasteiger partial charge >= 0.3 is 0 Å². The summed E-state index contributed by atoms with van der Waals surface area (Å²) < 4.78 is 0. The summed E-state index contributed by atoms with van der Waals surface area (Å²) in [7, 11) is 0. The predicted octanol–water partition coefficient (Wildman–Crippen LogP) is 2.60. The molecule has 13 heavy (non-hydrogen) atoms. The normalized spacial score (nSPS) is 16.9. The second-order valence-corrected chi connectivity index (χ2v) is 5.11. The molecule has 3 heteroatoms. The van der Waals surface area contributed by atoms with Crippen molar-refractivity contribution in [2.45, 2.75) is 45.1 Å². The van der Waals surface area contributed by atoms with Gasteiger partial charge in [0.1, 0.15) is 0 Å². The van der Waals surface area contributed by atoms with Crippen LogP contribution >= 0.6 is 11.3 Å². The van der Waals surface area contributed by atoms with E-state index in [-0.39, 0.29) is 0 Å². The zero-order chi connectivity index (χ0) is 9.42. The zero-order valence-electron chi connectivity index (χ0n) is 8.21. The summed E-state index contributed by atoms with van der Waals surface area (Å²) in [5, 5.41) is 1.32. The van der Waals surface area contributed by atoms with E-state index in [4.69, 9.17) is 5.73 Å². The van der Waals surface area contributed by atoms with E-state index in [1.54, 1.807) is 0 Å². The van der Waals surface area contributed by atoms with Crippen LogP contribution in [0.3, 0.4) is 0 Å². The summed E-state index contributed by atoms with van der Waals surface area (Å²) in [5.41, 5.74) is 6.92. The van der Waals surface area contributed by atoms with Crippen molar-refractivity contribution >= 4 is 11.3 Å². The predicted molar refractivity (Wildman–Crippen MR) is 56.1 cm³/mol. The maximum atomic E-state index is 5.69. The summed E-state index contributed by atoms with van der Waals surface area (Å²) in [6.45, 7) is 5.02. The standard InChI is InChI=1S/C10H16N2S/c1-6(2)9-8(5-11)13-10(12-9)7-3-4-7/h6-7H,3-5,11H2,1-2H3. The van der Waals surface area contributed by atoms with Gasteiger partial charge in [0.25, 0.3) is 0 Å². The highest BCUT2D eigenvalue weighted by atomic mass is 32.1. The molecule has 2 nitrogen and oxygen atoms in total. The second-order valence-electron chi connectivity index (χ2n) is 3.99. The molecular weight excluding hydrogens is 180 g/mol. The summed E-state index contributed by atoms with van der Waals surface area (Å²) in [6, 6.07) is 0. The summed E-state index contributed by atoms with van der Waals surface area (Å²) in [4.78, 5) is 5.97. The summed E-state index contributed by atoms with van der Waals surface area (Å²) >= 11 is 1.82. The third-order valence-electron chi connectivity index (χ3n) is 2.40. The Balaban J connectivity index is 2.30. The molecule has 1 aromatic rings. The van der Waals surface area contributed by atoms with Crippen LogP contribution in [0.15, 0.2) is 0 Å². The van der Waals surface area contributed by atoms with Gasteiger partial charge in [-0.25, -0.2) is 4.98 Å². The van der Waals surface area contributed by atoms with Crippen molar-refractivity contribution in [3.05, 3.63) is 15.6 Å². The third kappa shape index (κ3) is 1.76. The maximum Gasteiger partial charge on any atom is 0.0962 e. The fourth-order valence-corrected chi connectivity index (χ4v) is 2.75. The lowest BCUT2D eigenvalue weighted by atomic mass is 10.1. The molecule has 1 fully saturated rings. The Labute approximate surface area is 83.2 Å². The molecule has 1 aliphatic rings. The molecule has 0 unspecified atom stereocenters. The minimum absolute atomic E-state index is 0.516. The summed E-state index contributed by atoms with van der Waals surface area (Å²) in [6.07, 6.45) is 2.66. The Morgan fingerprint density at radius 2 is 2.23 bits per heavy atom. The van der Waals surface area contributed by atoms with E-state index in [1.165, 1.54) is 28.4 Å². The Kier molecular flexibility index (Phi) is 2.39. The van der Waals surface area contributed by atoms with Crippen LogP contribution in [0.1, 0.15) is 54.1 Å². The molecule has 0 saturated heterocycles. The fourth-order valence-electron chi connectivity index (χ4n) is 1.48. The molecule has 2 N–H and O–H groups in total. The van der Waals surface area contributed by atoms with Crippen molar-refractivity contribution in [3.8, 4) is 0 Å². The van der Waals surface area contributed by atoms with E-state index in [2.05, 4.69) is 18.8 Å². The van der Waals surface area contributed by atoms with E-state index < -0.39 is 0 Å². The second kappa shape index (κ2) is 3.39. The molecule has 1 saturated carbocycles. The number of rotatable bonds is 3. The van der Waals surface area contributed by atoms with Crippen molar-refractivity contribution < 1.29 is 0 Å². The molecule has 0 radical (unpaired) electrons. The number of hydrogen-bond acceptors (Lipinski definition) is 3. The molecule has 2 rings (SSSR count). The van der Waals surface area contributed by atoms with Crippen LogP contribution < -0.4 is 5.73 Å². The zero-order valence-corrected chi connectivity index (χ0v) is 9.03. The fraction of sp³-hybridized carbons (Fsp3) is 0.700. The van der Waals surface area contributed by atoms with Gasteiger partial charge in [0.2, 0.25) is 0 Å². The number of aromatic nitrogens is 1. The molecule has 72 valence electrons. The highest BCUT2D eigenvalue weighted by Crippen LogP contribution is 2.43. The lowest BCUT2D eigenvalue weighted by molar-refractivity contribution is 0.804. The van der Waals surface area contributed by atoms with E-state index >= 15 is 0 Å². The van der Waals surface area contributed by atoms with Crippen LogP contribution in [0.2, 0.25) is 0 Å². The van der Waals surface area contributed by atoms with E-state index in [1.807, 2.05) is 11.3 Å². The SMILES string of the molecule is CC(C)c1nc(C2CC2)sc1CN. The van der Waals surface area contributed by atoms with Crippen LogP contribution in [0.4, 0.5) is 0 Å². The minimum atomic E-state index is 0.516. The molecule has 0 amide bonds. The number of nitrogens with zero attached hydrogens (tertiary/aromatic N) is 1. The first-order chi connectivity index (χ1) is 6.22. The number of thiazole rings is 1. The number of hydrogen-bond donors (Lipinski definition) is 1. The lowest BCUT2D eigenvalue weighted by Crippen LogP contribution is -1.99. The molecule has 0 bridgehead atoms. The Morgan fingerprint density at radius 1 is 1.54 bits per heavy atom. The van der Waals surface area contributed by atoms with Gasteiger partial charge in [-0.2, -0.15) is 0 Å². The largest absolute Gasteiger partial charge is 0.326 e. The molecule has 1 aliphatic carbocycles. The van der Waals surface area contributed by atoms with Crippen LogP contribution in [0, 0.1) is 0 Å². The van der Waals surface area contributed by atoms with Crippen molar-refractivity contribution in [2.24, 2.45) is 5.73 Å². The molecule has 1 aromatic heterocycles. The topological polar surface area (TPSA) is 38.9 Å². The smallest absolute Gasteiger partial charge is 0.0962 e. The van der Waals surface area contributed by atoms with Crippen LogP contribution in [-0.2, 0) is 6.54 Å². The summed E-state index contributed by atoms with van der Waals surface area (Å²) in [5.74, 6) is 1.28. The van der Waals surface area contributed by atoms with Gasteiger partial charge in [-0.1, -0.05) is 13.8 Å². The first-order valence-electron chi connectivity index (χ1n) is 4.92. The van der Waals surface area contributed by atoms with Gasteiger partial charge in [0.05, 0.1) is 10.7 Å². The van der Waals surface area contributed by atoms with Crippen molar-refractivity contribution in [1.82, 2.24) is 4.98 Å². The highest BCUT2D eigenvalue weighted by molar-refractivity contribution is 7.11. The van der Waals surface area contributed by atoms with Gasteiger partial charge in [0.15, 0.2) is 0 Å². The van der Waals surface area contributed by atoms with Crippen LogP contribution in [-0.4, -0.2) is 4.98 Å². The Bertz CT molecular complexity index is 300. The third-order valence-corrected chi connectivity index (χ3v) is 3.66. The van der Waals surface area contributed by atoms with Gasteiger partial charge < -0.3 is 5.73 Å². The highest BCUT2D eigenvalue weighted by Gasteiger charge is 2.28. The molecule has 0 spiro atoms. The Morgan fingerprint density at radius 3 is 2.62 bits per heavy atom. The van der Waals surface area contributed by atoms with Gasteiger partial charge in [-0.05, 0) is 18.8 Å². The van der Waals surface area contributed by atoms with Gasteiger partial charge in [-0.3, -0.25) is 0 Å². The molecule has 0 atom stereocenters. The maximum absolute atomic E-state index is 5.69. The van der Waals surface area contributed by atoms with Crippen LogP contribution in [0.25, 0.3) is 0 Å². The molecular formula is C10H16N2S. The van der Waals surface area contributed by atoms with Crippen molar-refractivity contribution in [1.29, 1.82) is 0 Å². The monoisotopic (exact) mass is 196 g/mol. The van der Waals surface area contributed by atoms with Crippen LogP contribution in [0.5, 0.6) is 0 Å². The lowest BCUT2D eigenvalue weighted by Gasteiger charge is -2.01. The van der Waals surface area contributed by atoms with Gasteiger partial charge in [-0.15, -0.1) is 11.3 Å². The van der Waals surface area contributed by atoms with E-state index in [0.29, 0.717) is 12.5 Å². The first-order valence-corrected chi connectivity index (χ1v) is 5.73. The van der Waals surface area contributed by atoms with Crippen molar-refractivity contribution in [3.63, 3.8) is 0 Å². The average molecular weight is 196 g/mol. The minimum Gasteiger partial charge on any atom is -0.326 e. The van der Waals surface area contributed by atoms with Gasteiger partial charge in [0, 0.05) is 17.3 Å².